The van der Waals surface area contributed by atoms with E-state index < -0.39 is 16.1 Å². The van der Waals surface area contributed by atoms with Gasteiger partial charge in [-0.25, -0.2) is 8.42 Å². The number of sulfonamides is 1. The Bertz CT molecular complexity index is 918. The Kier molecular flexibility index (Phi) is 8.49. The van der Waals surface area contributed by atoms with Crippen molar-refractivity contribution in [3.8, 4) is 5.75 Å². The third-order valence-corrected chi connectivity index (χ3v) is 5.86. The van der Waals surface area contributed by atoms with E-state index in [1.165, 1.54) is 18.2 Å². The number of hydrogen-bond donors (Lipinski definition) is 2. The van der Waals surface area contributed by atoms with Gasteiger partial charge in [0.15, 0.2) is 0 Å². The van der Waals surface area contributed by atoms with Gasteiger partial charge in [-0.3, -0.25) is 4.79 Å². The quantitative estimate of drug-likeness (QED) is 0.595. The van der Waals surface area contributed by atoms with Crippen LogP contribution in [0, 0.1) is 5.92 Å². The molecule has 1 atom stereocenters. The fourth-order valence-electron chi connectivity index (χ4n) is 2.64. The number of amides is 1. The van der Waals surface area contributed by atoms with E-state index in [0.717, 1.165) is 5.56 Å². The Morgan fingerprint density at radius 3 is 2.41 bits per heavy atom. The van der Waals surface area contributed by atoms with Crippen LogP contribution in [0.4, 0.5) is 0 Å². The summed E-state index contributed by atoms with van der Waals surface area (Å²) < 4.78 is 33.7. The predicted octanol–water partition coefficient (Wildman–Crippen LogP) is 3.40. The number of halogens is 1. The third-order valence-electron chi connectivity index (χ3n) is 4.09. The summed E-state index contributed by atoms with van der Waals surface area (Å²) in [6.45, 7) is 6.63. The highest BCUT2D eigenvalue weighted by Crippen LogP contribution is 2.27. The second-order valence-corrected chi connectivity index (χ2v) is 9.15. The number of hydrogen-bond acceptors (Lipinski definition) is 4. The number of benzene rings is 2. The first-order valence-corrected chi connectivity index (χ1v) is 11.4. The van der Waals surface area contributed by atoms with Crippen LogP contribution >= 0.6 is 11.6 Å². The molecule has 0 aromatic heterocycles. The van der Waals surface area contributed by atoms with Crippen molar-refractivity contribution in [2.75, 3.05) is 13.2 Å². The van der Waals surface area contributed by atoms with E-state index in [9.17, 15) is 13.2 Å². The summed E-state index contributed by atoms with van der Waals surface area (Å²) in [5.74, 6) is 0.282. The Labute approximate surface area is 177 Å². The van der Waals surface area contributed by atoms with Gasteiger partial charge in [-0.1, -0.05) is 55.8 Å². The maximum absolute atomic E-state index is 12.9. The van der Waals surface area contributed by atoms with Crippen LogP contribution < -0.4 is 14.8 Å². The Morgan fingerprint density at radius 2 is 1.83 bits per heavy atom. The topological polar surface area (TPSA) is 84.5 Å². The van der Waals surface area contributed by atoms with Gasteiger partial charge in [-0.05, 0) is 43.0 Å². The molecule has 0 saturated heterocycles. The molecular formula is C21H27ClN2O4S. The fraction of sp³-hybridized carbons (Fsp3) is 0.381. The van der Waals surface area contributed by atoms with Gasteiger partial charge in [0.25, 0.3) is 0 Å². The zero-order valence-electron chi connectivity index (χ0n) is 16.8. The molecule has 158 valence electrons. The summed E-state index contributed by atoms with van der Waals surface area (Å²) in [6, 6.07) is 12.5. The lowest BCUT2D eigenvalue weighted by Gasteiger charge is -2.20. The molecule has 1 amide bonds. The van der Waals surface area contributed by atoms with E-state index >= 15 is 0 Å². The van der Waals surface area contributed by atoms with Crippen molar-refractivity contribution >= 4 is 27.5 Å². The molecule has 6 nitrogen and oxygen atoms in total. The number of carbonyl (C=O) groups excluding carboxylic acids is 1. The van der Waals surface area contributed by atoms with Crippen LogP contribution in [-0.4, -0.2) is 33.5 Å². The molecule has 0 spiro atoms. The predicted molar refractivity (Wildman–Crippen MR) is 115 cm³/mol. The highest BCUT2D eigenvalue weighted by Gasteiger charge is 2.26. The van der Waals surface area contributed by atoms with E-state index in [2.05, 4.69) is 10.0 Å². The van der Waals surface area contributed by atoms with Crippen LogP contribution in [0.3, 0.4) is 0 Å². The lowest BCUT2D eigenvalue weighted by atomic mass is 10.1. The standard InChI is InChI=1S/C21H27ClN2O4S/c1-4-28-20-11-10-17(13-18(20)22)29(26,27)24-19(21(25)23-14-15(2)3)12-16-8-6-5-7-9-16/h5-11,13,15,19,24H,4,12,14H2,1-3H3,(H,23,25)/t19-/m0/s1. The highest BCUT2D eigenvalue weighted by atomic mass is 35.5. The van der Waals surface area contributed by atoms with Crippen LogP contribution in [0.1, 0.15) is 26.3 Å². The van der Waals surface area contributed by atoms with Crippen molar-refractivity contribution in [2.45, 2.75) is 38.1 Å². The van der Waals surface area contributed by atoms with E-state index in [0.29, 0.717) is 18.9 Å². The molecule has 2 rings (SSSR count). The van der Waals surface area contributed by atoms with Gasteiger partial charge in [0.05, 0.1) is 16.5 Å². The SMILES string of the molecule is CCOc1ccc(S(=O)(=O)N[C@@H](Cc2ccccc2)C(=O)NCC(C)C)cc1Cl. The second kappa shape index (κ2) is 10.6. The molecule has 0 saturated carbocycles. The molecule has 0 fully saturated rings. The van der Waals surface area contributed by atoms with E-state index in [1.54, 1.807) is 0 Å². The van der Waals surface area contributed by atoms with Crippen LogP contribution in [-0.2, 0) is 21.2 Å². The normalized spacial score (nSPS) is 12.6. The average molecular weight is 439 g/mol. The monoisotopic (exact) mass is 438 g/mol. The van der Waals surface area contributed by atoms with Crippen molar-refractivity contribution < 1.29 is 17.9 Å². The molecule has 8 heteroatoms. The Morgan fingerprint density at radius 1 is 1.14 bits per heavy atom. The lowest BCUT2D eigenvalue weighted by Crippen LogP contribution is -2.48. The molecule has 0 aliphatic rings. The van der Waals surface area contributed by atoms with Gasteiger partial charge in [-0.15, -0.1) is 0 Å². The van der Waals surface area contributed by atoms with Gasteiger partial charge < -0.3 is 10.1 Å². The summed E-state index contributed by atoms with van der Waals surface area (Å²) >= 11 is 6.13. The van der Waals surface area contributed by atoms with Crippen molar-refractivity contribution in [2.24, 2.45) is 5.92 Å². The van der Waals surface area contributed by atoms with Crippen LogP contribution in [0.15, 0.2) is 53.4 Å². The van der Waals surface area contributed by atoms with E-state index in [1.807, 2.05) is 51.1 Å². The summed E-state index contributed by atoms with van der Waals surface area (Å²) in [7, 11) is -3.97. The molecule has 0 bridgehead atoms. The molecule has 0 radical (unpaired) electrons. The second-order valence-electron chi connectivity index (χ2n) is 7.03. The van der Waals surface area contributed by atoms with Crippen molar-refractivity contribution in [1.29, 1.82) is 0 Å². The first-order valence-electron chi connectivity index (χ1n) is 9.49. The molecular weight excluding hydrogens is 412 g/mol. The lowest BCUT2D eigenvalue weighted by molar-refractivity contribution is -0.122. The number of carbonyl (C=O) groups is 1. The van der Waals surface area contributed by atoms with Crippen molar-refractivity contribution in [3.63, 3.8) is 0 Å². The third kappa shape index (κ3) is 7.03. The summed E-state index contributed by atoms with van der Waals surface area (Å²) in [5.41, 5.74) is 0.852. The smallest absolute Gasteiger partial charge is 0.241 e. The Balaban J connectivity index is 2.25. The molecule has 2 N–H and O–H groups in total. The summed E-state index contributed by atoms with van der Waals surface area (Å²) in [5, 5.41) is 2.99. The molecule has 0 aliphatic heterocycles. The van der Waals surface area contributed by atoms with Gasteiger partial charge in [0.1, 0.15) is 11.8 Å². The van der Waals surface area contributed by atoms with Gasteiger partial charge in [0.2, 0.25) is 15.9 Å². The minimum atomic E-state index is -3.97. The van der Waals surface area contributed by atoms with Crippen LogP contribution in [0.2, 0.25) is 5.02 Å². The maximum atomic E-state index is 12.9. The first-order chi connectivity index (χ1) is 13.7. The minimum Gasteiger partial charge on any atom is -0.492 e. The first kappa shape index (κ1) is 23.2. The molecule has 2 aromatic rings. The van der Waals surface area contributed by atoms with Crippen LogP contribution in [0.5, 0.6) is 5.75 Å². The van der Waals surface area contributed by atoms with Gasteiger partial charge in [0, 0.05) is 6.54 Å². The summed E-state index contributed by atoms with van der Waals surface area (Å²) in [4.78, 5) is 12.7. The van der Waals surface area contributed by atoms with Crippen molar-refractivity contribution in [3.05, 3.63) is 59.1 Å². The minimum absolute atomic E-state index is 0.0272. The molecule has 29 heavy (non-hydrogen) atoms. The molecule has 0 unspecified atom stereocenters. The zero-order valence-corrected chi connectivity index (χ0v) is 18.4. The Hall–Kier alpha value is -2.09. The molecule has 0 aliphatic carbocycles. The van der Waals surface area contributed by atoms with Gasteiger partial charge >= 0.3 is 0 Å². The maximum Gasteiger partial charge on any atom is 0.241 e. The summed E-state index contributed by atoms with van der Waals surface area (Å²) in [6.07, 6.45) is 0.231. The van der Waals surface area contributed by atoms with Crippen LogP contribution in [0.25, 0.3) is 0 Å². The largest absolute Gasteiger partial charge is 0.492 e. The number of ether oxygens (including phenoxy) is 1. The van der Waals surface area contributed by atoms with E-state index in [-0.39, 0.29) is 28.2 Å². The average Bonchev–Trinajstić information content (AvgIpc) is 2.68. The molecule has 0 heterocycles. The fourth-order valence-corrected chi connectivity index (χ4v) is 4.16. The zero-order chi connectivity index (χ0) is 21.4. The van der Waals surface area contributed by atoms with Crippen molar-refractivity contribution in [1.82, 2.24) is 10.0 Å². The number of rotatable bonds is 10. The highest BCUT2D eigenvalue weighted by molar-refractivity contribution is 7.89. The molecule has 2 aromatic carbocycles. The van der Waals surface area contributed by atoms with E-state index in [4.69, 9.17) is 16.3 Å². The van der Waals surface area contributed by atoms with Gasteiger partial charge in [-0.2, -0.15) is 4.72 Å². The number of nitrogens with one attached hydrogen (secondary N) is 2.